The van der Waals surface area contributed by atoms with E-state index in [4.69, 9.17) is 5.26 Å². The predicted octanol–water partition coefficient (Wildman–Crippen LogP) is 2.22. The molecule has 1 rings (SSSR count). The molecule has 0 saturated carbocycles. The number of nitrogens with zero attached hydrogens (tertiary/aromatic N) is 2. The quantitative estimate of drug-likeness (QED) is 0.713. The minimum Gasteiger partial charge on any atom is -0.260 e. The Labute approximate surface area is 74.0 Å². The lowest BCUT2D eigenvalue weighted by Gasteiger charge is -2.00. The number of aromatic nitrogens is 1. The molecule has 0 N–H and O–H groups in total. The first-order chi connectivity index (χ1) is 5.25. The van der Waals surface area contributed by atoms with Gasteiger partial charge in [0, 0.05) is 10.7 Å². The highest BCUT2D eigenvalue weighted by atomic mass is 79.9. The zero-order chi connectivity index (χ0) is 8.27. The molecule has 0 aliphatic heterocycles. The minimum absolute atomic E-state index is 0.380. The summed E-state index contributed by atoms with van der Waals surface area (Å²) in [7, 11) is 0. The SMILES string of the molecule is Cc1c(Br)ccnc1CC#N. The van der Waals surface area contributed by atoms with Crippen molar-refractivity contribution in [2.24, 2.45) is 0 Å². The van der Waals surface area contributed by atoms with E-state index in [0.29, 0.717) is 6.42 Å². The average molecular weight is 211 g/mol. The smallest absolute Gasteiger partial charge is 0.0777 e. The van der Waals surface area contributed by atoms with Gasteiger partial charge in [-0.3, -0.25) is 4.98 Å². The van der Waals surface area contributed by atoms with Crippen LogP contribution in [-0.2, 0) is 6.42 Å². The zero-order valence-corrected chi connectivity index (χ0v) is 7.72. The van der Waals surface area contributed by atoms with Gasteiger partial charge in [0.15, 0.2) is 0 Å². The maximum absolute atomic E-state index is 8.43. The summed E-state index contributed by atoms with van der Waals surface area (Å²) in [6, 6.07) is 3.94. The van der Waals surface area contributed by atoms with E-state index in [9.17, 15) is 0 Å². The van der Waals surface area contributed by atoms with Crippen LogP contribution in [0.1, 0.15) is 11.3 Å². The molecule has 0 aliphatic rings. The Morgan fingerprint density at radius 3 is 3.09 bits per heavy atom. The van der Waals surface area contributed by atoms with Crippen LogP contribution in [0.4, 0.5) is 0 Å². The number of halogens is 1. The van der Waals surface area contributed by atoms with Crippen LogP contribution in [0.5, 0.6) is 0 Å². The summed E-state index contributed by atoms with van der Waals surface area (Å²) >= 11 is 3.37. The van der Waals surface area contributed by atoms with Crippen molar-refractivity contribution in [3.8, 4) is 6.07 Å². The van der Waals surface area contributed by atoms with Gasteiger partial charge in [-0.15, -0.1) is 0 Å². The normalized spacial score (nSPS) is 9.18. The largest absolute Gasteiger partial charge is 0.260 e. The summed E-state index contributed by atoms with van der Waals surface area (Å²) in [5.41, 5.74) is 1.90. The molecule has 0 spiro atoms. The van der Waals surface area contributed by atoms with Gasteiger partial charge in [0.2, 0.25) is 0 Å². The van der Waals surface area contributed by atoms with E-state index in [0.717, 1.165) is 15.7 Å². The van der Waals surface area contributed by atoms with Crippen LogP contribution in [0.15, 0.2) is 16.7 Å². The van der Waals surface area contributed by atoms with Crippen LogP contribution in [0.3, 0.4) is 0 Å². The summed E-state index contributed by atoms with van der Waals surface area (Å²) in [4.78, 5) is 4.08. The highest BCUT2D eigenvalue weighted by molar-refractivity contribution is 9.10. The van der Waals surface area contributed by atoms with Crippen molar-refractivity contribution >= 4 is 15.9 Å². The number of rotatable bonds is 1. The second-order valence-electron chi connectivity index (χ2n) is 2.20. The Morgan fingerprint density at radius 2 is 2.45 bits per heavy atom. The molecule has 56 valence electrons. The van der Waals surface area contributed by atoms with E-state index in [1.807, 2.05) is 13.0 Å². The van der Waals surface area contributed by atoms with Gasteiger partial charge in [0.1, 0.15) is 0 Å². The van der Waals surface area contributed by atoms with E-state index in [-0.39, 0.29) is 0 Å². The van der Waals surface area contributed by atoms with Gasteiger partial charge in [0.25, 0.3) is 0 Å². The second-order valence-corrected chi connectivity index (χ2v) is 3.05. The fourth-order valence-electron chi connectivity index (χ4n) is 0.805. The summed E-state index contributed by atoms with van der Waals surface area (Å²) in [5, 5.41) is 8.43. The topological polar surface area (TPSA) is 36.7 Å². The zero-order valence-electron chi connectivity index (χ0n) is 6.13. The molecule has 0 radical (unpaired) electrons. The molecule has 0 bridgehead atoms. The number of hydrogen-bond acceptors (Lipinski definition) is 2. The third-order valence-corrected chi connectivity index (χ3v) is 2.35. The van der Waals surface area contributed by atoms with E-state index in [1.165, 1.54) is 0 Å². The Kier molecular flexibility index (Phi) is 2.61. The van der Waals surface area contributed by atoms with Crippen molar-refractivity contribution in [1.29, 1.82) is 5.26 Å². The van der Waals surface area contributed by atoms with Gasteiger partial charge < -0.3 is 0 Å². The first-order valence-corrected chi connectivity index (χ1v) is 4.02. The van der Waals surface area contributed by atoms with Gasteiger partial charge in [-0.25, -0.2) is 0 Å². The standard InChI is InChI=1S/C8H7BrN2/c1-6-7(9)3-5-11-8(6)2-4-10/h3,5H,2H2,1H3. The van der Waals surface area contributed by atoms with Crippen molar-refractivity contribution in [3.63, 3.8) is 0 Å². The van der Waals surface area contributed by atoms with Crippen LogP contribution in [-0.4, -0.2) is 4.98 Å². The Bertz CT molecular complexity index is 301. The fourth-order valence-corrected chi connectivity index (χ4v) is 1.15. The molecule has 0 aromatic carbocycles. The van der Waals surface area contributed by atoms with Crippen LogP contribution in [0, 0.1) is 18.3 Å². The van der Waals surface area contributed by atoms with Crippen molar-refractivity contribution in [2.75, 3.05) is 0 Å². The molecule has 0 atom stereocenters. The molecule has 11 heavy (non-hydrogen) atoms. The molecule has 0 aliphatic carbocycles. The van der Waals surface area contributed by atoms with Gasteiger partial charge in [-0.2, -0.15) is 5.26 Å². The first kappa shape index (κ1) is 8.22. The summed E-state index contributed by atoms with van der Waals surface area (Å²) < 4.78 is 1.01. The molecular weight excluding hydrogens is 204 g/mol. The minimum atomic E-state index is 0.380. The summed E-state index contributed by atoms with van der Waals surface area (Å²) in [5.74, 6) is 0. The highest BCUT2D eigenvalue weighted by Gasteiger charge is 2.00. The molecule has 0 unspecified atom stereocenters. The monoisotopic (exact) mass is 210 g/mol. The lowest BCUT2D eigenvalue weighted by atomic mass is 10.2. The molecule has 3 heteroatoms. The Hall–Kier alpha value is -0.880. The summed E-state index contributed by atoms with van der Waals surface area (Å²) in [6.07, 6.45) is 2.08. The Morgan fingerprint density at radius 1 is 1.73 bits per heavy atom. The molecule has 0 fully saturated rings. The Balaban J connectivity index is 3.08. The molecule has 2 nitrogen and oxygen atoms in total. The van der Waals surface area contributed by atoms with E-state index < -0.39 is 0 Å². The predicted molar refractivity (Wildman–Crippen MR) is 46.0 cm³/mol. The van der Waals surface area contributed by atoms with Crippen molar-refractivity contribution in [3.05, 3.63) is 28.0 Å². The first-order valence-electron chi connectivity index (χ1n) is 3.22. The van der Waals surface area contributed by atoms with Gasteiger partial charge in [0.05, 0.1) is 18.2 Å². The third-order valence-electron chi connectivity index (χ3n) is 1.49. The number of hydrogen-bond donors (Lipinski definition) is 0. The van der Waals surface area contributed by atoms with Crippen LogP contribution >= 0.6 is 15.9 Å². The molecule has 0 saturated heterocycles. The molecule has 1 heterocycles. The lowest BCUT2D eigenvalue weighted by molar-refractivity contribution is 1.07. The number of pyridine rings is 1. The van der Waals surface area contributed by atoms with Gasteiger partial charge in [-0.05, 0) is 18.6 Å². The highest BCUT2D eigenvalue weighted by Crippen LogP contribution is 2.17. The molecule has 0 amide bonds. The molecular formula is C8H7BrN2. The van der Waals surface area contributed by atoms with Crippen LogP contribution in [0.2, 0.25) is 0 Å². The molecule has 1 aromatic rings. The fraction of sp³-hybridized carbons (Fsp3) is 0.250. The van der Waals surface area contributed by atoms with Crippen LogP contribution < -0.4 is 0 Å². The van der Waals surface area contributed by atoms with E-state index in [1.54, 1.807) is 6.20 Å². The average Bonchev–Trinajstić information content (AvgIpc) is 1.99. The molecule has 1 aromatic heterocycles. The van der Waals surface area contributed by atoms with Crippen LogP contribution in [0.25, 0.3) is 0 Å². The maximum Gasteiger partial charge on any atom is 0.0777 e. The van der Waals surface area contributed by atoms with E-state index in [2.05, 4.69) is 27.0 Å². The van der Waals surface area contributed by atoms with E-state index >= 15 is 0 Å². The lowest BCUT2D eigenvalue weighted by Crippen LogP contribution is -1.92. The number of nitriles is 1. The second kappa shape index (κ2) is 3.49. The third kappa shape index (κ3) is 1.78. The summed E-state index contributed by atoms with van der Waals surface area (Å²) in [6.45, 7) is 1.95. The van der Waals surface area contributed by atoms with Gasteiger partial charge in [-0.1, -0.05) is 15.9 Å². The van der Waals surface area contributed by atoms with Crippen molar-refractivity contribution in [2.45, 2.75) is 13.3 Å². The maximum atomic E-state index is 8.43. The van der Waals surface area contributed by atoms with Crippen molar-refractivity contribution in [1.82, 2.24) is 4.98 Å². The van der Waals surface area contributed by atoms with Crippen molar-refractivity contribution < 1.29 is 0 Å². The van der Waals surface area contributed by atoms with Gasteiger partial charge >= 0.3 is 0 Å².